The maximum atomic E-state index is 11.5. The zero-order chi connectivity index (χ0) is 15.0. The van der Waals surface area contributed by atoms with Crippen LogP contribution in [0.4, 0.5) is 0 Å². The first-order chi connectivity index (χ1) is 10.1. The summed E-state index contributed by atoms with van der Waals surface area (Å²) in [5.41, 5.74) is 4.59. The Kier molecular flexibility index (Phi) is 3.59. The fraction of sp³-hybridized carbons (Fsp3) is 0.312. The molecule has 0 aliphatic carbocycles. The van der Waals surface area contributed by atoms with Crippen LogP contribution in [0.15, 0.2) is 18.2 Å². The van der Waals surface area contributed by atoms with Gasteiger partial charge in [0.1, 0.15) is 16.4 Å². The molecule has 21 heavy (non-hydrogen) atoms. The summed E-state index contributed by atoms with van der Waals surface area (Å²) in [6.07, 6.45) is 2.81. The third-order valence-corrected chi connectivity index (χ3v) is 4.46. The maximum Gasteiger partial charge on any atom is 0.213 e. The summed E-state index contributed by atoms with van der Waals surface area (Å²) in [5, 5.41) is 5.53. The van der Waals surface area contributed by atoms with Crippen molar-refractivity contribution in [3.05, 3.63) is 40.0 Å². The quantitative estimate of drug-likeness (QED) is 0.688. The molecule has 2 aromatic heterocycles. The molecule has 0 atom stereocenters. The average Bonchev–Trinajstić information content (AvgIpc) is 2.95. The minimum atomic E-state index is 0.538. The number of carbonyl (C=O) groups is 1. The van der Waals surface area contributed by atoms with Crippen LogP contribution in [0.2, 0.25) is 0 Å². The van der Waals surface area contributed by atoms with Crippen LogP contribution in [0.5, 0.6) is 0 Å². The van der Waals surface area contributed by atoms with Gasteiger partial charge in [-0.1, -0.05) is 42.0 Å². The number of imidazole rings is 1. The van der Waals surface area contributed by atoms with Gasteiger partial charge in [-0.15, -0.1) is 0 Å². The third kappa shape index (κ3) is 2.38. The minimum absolute atomic E-state index is 0.538. The summed E-state index contributed by atoms with van der Waals surface area (Å²) in [5.74, 6) is 0. The predicted molar refractivity (Wildman–Crippen MR) is 85.2 cm³/mol. The van der Waals surface area contributed by atoms with E-state index in [2.05, 4.69) is 30.0 Å². The van der Waals surface area contributed by atoms with Gasteiger partial charge in [0.05, 0.1) is 0 Å². The van der Waals surface area contributed by atoms with Gasteiger partial charge in [0, 0.05) is 12.0 Å². The van der Waals surface area contributed by atoms with Crippen LogP contribution in [0.25, 0.3) is 16.2 Å². The molecule has 2 heterocycles. The Morgan fingerprint density at radius 2 is 2.14 bits per heavy atom. The van der Waals surface area contributed by atoms with Crippen LogP contribution < -0.4 is 0 Å². The first kappa shape index (κ1) is 13.9. The van der Waals surface area contributed by atoms with Crippen LogP contribution in [-0.2, 0) is 6.42 Å². The van der Waals surface area contributed by atoms with Crippen molar-refractivity contribution in [2.24, 2.45) is 0 Å². The molecule has 5 heteroatoms. The van der Waals surface area contributed by atoms with Gasteiger partial charge in [-0.25, -0.2) is 4.98 Å². The molecule has 0 unspecified atom stereocenters. The van der Waals surface area contributed by atoms with E-state index in [1.165, 1.54) is 5.56 Å². The molecule has 0 fully saturated rings. The molecule has 3 rings (SSSR count). The lowest BCUT2D eigenvalue weighted by Crippen LogP contribution is -1.96. The summed E-state index contributed by atoms with van der Waals surface area (Å²) in [6, 6.07) is 6.17. The normalized spacial score (nSPS) is 11.2. The molecule has 0 bridgehead atoms. The fourth-order valence-electron chi connectivity index (χ4n) is 2.50. The molecule has 4 nitrogen and oxygen atoms in total. The number of hydrogen-bond acceptors (Lipinski definition) is 4. The Bertz CT molecular complexity index is 816. The number of aromatic nitrogens is 3. The zero-order valence-corrected chi connectivity index (χ0v) is 13.2. The molecule has 0 aliphatic heterocycles. The van der Waals surface area contributed by atoms with Gasteiger partial charge >= 0.3 is 0 Å². The molecule has 0 aliphatic rings. The van der Waals surface area contributed by atoms with E-state index in [4.69, 9.17) is 0 Å². The minimum Gasteiger partial charge on any atom is -0.296 e. The Hall–Kier alpha value is -2.01. The third-order valence-electron chi connectivity index (χ3n) is 3.49. The molecule has 0 amide bonds. The topological polar surface area (TPSA) is 47.3 Å². The summed E-state index contributed by atoms with van der Waals surface area (Å²) in [6.45, 7) is 6.22. The van der Waals surface area contributed by atoms with Crippen LogP contribution in [0, 0.1) is 13.8 Å². The second-order valence-electron chi connectivity index (χ2n) is 5.22. The highest BCUT2D eigenvalue weighted by atomic mass is 32.1. The Morgan fingerprint density at radius 1 is 1.33 bits per heavy atom. The van der Waals surface area contributed by atoms with E-state index in [0.717, 1.165) is 45.9 Å². The van der Waals surface area contributed by atoms with Crippen molar-refractivity contribution in [3.63, 3.8) is 0 Å². The van der Waals surface area contributed by atoms with Crippen LogP contribution in [0.1, 0.15) is 40.0 Å². The number of benzene rings is 1. The number of aryl methyl sites for hydroxylation is 3. The smallest absolute Gasteiger partial charge is 0.213 e. The highest BCUT2D eigenvalue weighted by Crippen LogP contribution is 2.29. The van der Waals surface area contributed by atoms with Gasteiger partial charge in [-0.2, -0.15) is 9.61 Å². The highest BCUT2D eigenvalue weighted by molar-refractivity contribution is 7.16. The lowest BCUT2D eigenvalue weighted by Gasteiger charge is -2.04. The first-order valence-corrected chi connectivity index (χ1v) is 7.87. The molecule has 0 saturated heterocycles. The summed E-state index contributed by atoms with van der Waals surface area (Å²) in [7, 11) is 0. The van der Waals surface area contributed by atoms with Gasteiger partial charge in [0.15, 0.2) is 6.29 Å². The zero-order valence-electron chi connectivity index (χ0n) is 12.4. The van der Waals surface area contributed by atoms with E-state index in [0.29, 0.717) is 5.69 Å². The van der Waals surface area contributed by atoms with Crippen LogP contribution in [0.3, 0.4) is 0 Å². The van der Waals surface area contributed by atoms with E-state index in [-0.39, 0.29) is 0 Å². The number of hydrogen-bond donors (Lipinski definition) is 0. The average molecular weight is 299 g/mol. The van der Waals surface area contributed by atoms with Crippen molar-refractivity contribution in [2.75, 3.05) is 0 Å². The molecular formula is C16H17N3OS. The van der Waals surface area contributed by atoms with Crippen molar-refractivity contribution in [1.29, 1.82) is 0 Å². The highest BCUT2D eigenvalue weighted by Gasteiger charge is 2.18. The van der Waals surface area contributed by atoms with Gasteiger partial charge in [-0.3, -0.25) is 4.79 Å². The molecule has 0 spiro atoms. The fourth-order valence-corrected chi connectivity index (χ4v) is 3.50. The van der Waals surface area contributed by atoms with Crippen molar-refractivity contribution in [1.82, 2.24) is 14.6 Å². The van der Waals surface area contributed by atoms with Gasteiger partial charge in [-0.05, 0) is 25.8 Å². The Labute approximate surface area is 127 Å². The maximum absolute atomic E-state index is 11.5. The number of aldehydes is 1. The van der Waals surface area contributed by atoms with E-state index in [1.54, 1.807) is 15.9 Å². The molecule has 0 N–H and O–H groups in total. The summed E-state index contributed by atoms with van der Waals surface area (Å²) >= 11 is 1.56. The van der Waals surface area contributed by atoms with Crippen LogP contribution >= 0.6 is 11.3 Å². The second-order valence-corrected chi connectivity index (χ2v) is 6.26. The van der Waals surface area contributed by atoms with Crippen molar-refractivity contribution in [3.8, 4) is 11.3 Å². The Balaban J connectivity index is 2.18. The number of carbonyl (C=O) groups excluding carboxylic acids is 1. The summed E-state index contributed by atoms with van der Waals surface area (Å²) < 4.78 is 1.68. The monoisotopic (exact) mass is 299 g/mol. The number of nitrogens with zero attached hydrogens (tertiary/aromatic N) is 3. The standard InChI is InChI=1S/C16H17N3OS/c1-4-5-14-18-19-13(9-20)15(17-16(19)21-14)12-7-6-10(2)8-11(12)3/h6-9H,4-5H2,1-3H3. The van der Waals surface area contributed by atoms with E-state index < -0.39 is 0 Å². The van der Waals surface area contributed by atoms with Crippen molar-refractivity contribution in [2.45, 2.75) is 33.6 Å². The van der Waals surface area contributed by atoms with E-state index >= 15 is 0 Å². The lowest BCUT2D eigenvalue weighted by atomic mass is 10.0. The molecule has 0 radical (unpaired) electrons. The van der Waals surface area contributed by atoms with Crippen LogP contribution in [-0.4, -0.2) is 20.9 Å². The molecule has 3 aromatic rings. The number of fused-ring (bicyclic) bond motifs is 1. The van der Waals surface area contributed by atoms with E-state index in [1.807, 2.05) is 19.1 Å². The second kappa shape index (κ2) is 5.41. The summed E-state index contributed by atoms with van der Waals surface area (Å²) in [4.78, 5) is 16.9. The first-order valence-electron chi connectivity index (χ1n) is 7.05. The lowest BCUT2D eigenvalue weighted by molar-refractivity contribution is 0.111. The largest absolute Gasteiger partial charge is 0.296 e. The number of rotatable bonds is 4. The van der Waals surface area contributed by atoms with E-state index in [9.17, 15) is 4.79 Å². The molecular weight excluding hydrogens is 282 g/mol. The van der Waals surface area contributed by atoms with Gasteiger partial charge < -0.3 is 0 Å². The predicted octanol–water partition coefficient (Wildman–Crippen LogP) is 3.84. The van der Waals surface area contributed by atoms with Gasteiger partial charge in [0.25, 0.3) is 0 Å². The molecule has 108 valence electrons. The van der Waals surface area contributed by atoms with Gasteiger partial charge in [0.2, 0.25) is 4.96 Å². The van der Waals surface area contributed by atoms with Crippen molar-refractivity contribution >= 4 is 22.6 Å². The SMILES string of the molecule is CCCc1nn2c(C=O)c(-c3ccc(C)cc3C)nc2s1. The van der Waals surface area contributed by atoms with Crippen molar-refractivity contribution < 1.29 is 4.79 Å². The Morgan fingerprint density at radius 3 is 2.81 bits per heavy atom. The molecule has 1 aromatic carbocycles. The molecule has 0 saturated carbocycles.